The van der Waals surface area contributed by atoms with Gasteiger partial charge in [0.2, 0.25) is 0 Å². The first kappa shape index (κ1) is 12.8. The molecule has 2 unspecified atom stereocenters. The van der Waals surface area contributed by atoms with Crippen molar-refractivity contribution >= 4 is 12.2 Å². The maximum Gasteiger partial charge on any atom is 0.195 e. The van der Waals surface area contributed by atoms with Gasteiger partial charge in [0.15, 0.2) is 4.77 Å². The molecule has 0 spiro atoms. The number of rotatable bonds is 4. The predicted octanol–water partition coefficient (Wildman–Crippen LogP) is 3.72. The summed E-state index contributed by atoms with van der Waals surface area (Å²) in [7, 11) is 0. The van der Waals surface area contributed by atoms with Crippen molar-refractivity contribution in [3.8, 4) is 0 Å². The van der Waals surface area contributed by atoms with E-state index in [1.807, 2.05) is 0 Å². The Bertz CT molecular complexity index is 407. The van der Waals surface area contributed by atoms with Gasteiger partial charge in [-0.25, -0.2) is 0 Å². The average Bonchev–Trinajstić information content (AvgIpc) is 2.65. The second kappa shape index (κ2) is 5.80. The molecule has 1 aromatic heterocycles. The van der Waals surface area contributed by atoms with Gasteiger partial charge in [0.05, 0.1) is 0 Å². The van der Waals surface area contributed by atoms with Crippen LogP contribution < -0.4 is 0 Å². The Kier molecular flexibility index (Phi) is 4.37. The predicted molar refractivity (Wildman–Crippen MR) is 72.5 cm³/mol. The summed E-state index contributed by atoms with van der Waals surface area (Å²) in [5.74, 6) is 2.74. The van der Waals surface area contributed by atoms with E-state index in [-0.39, 0.29) is 0 Å². The highest BCUT2D eigenvalue weighted by Gasteiger charge is 2.22. The van der Waals surface area contributed by atoms with Crippen LogP contribution in [0.1, 0.15) is 51.8 Å². The van der Waals surface area contributed by atoms with Crippen LogP contribution in [0.2, 0.25) is 0 Å². The molecule has 1 aliphatic rings. The molecule has 96 valence electrons. The summed E-state index contributed by atoms with van der Waals surface area (Å²) >= 11 is 5.34. The Morgan fingerprint density at radius 3 is 2.88 bits per heavy atom. The van der Waals surface area contributed by atoms with Crippen molar-refractivity contribution < 1.29 is 0 Å². The van der Waals surface area contributed by atoms with Crippen LogP contribution in [0, 0.1) is 16.6 Å². The minimum absolute atomic E-state index is 0.781. The fourth-order valence-electron chi connectivity index (χ4n) is 2.85. The third kappa shape index (κ3) is 2.97. The summed E-state index contributed by atoms with van der Waals surface area (Å²) in [5, 5.41) is 7.28. The molecule has 0 radical (unpaired) electrons. The van der Waals surface area contributed by atoms with Crippen LogP contribution >= 0.6 is 12.2 Å². The molecular formula is C13H23N3S. The number of hydrogen-bond acceptors (Lipinski definition) is 2. The third-order valence-corrected chi connectivity index (χ3v) is 4.33. The van der Waals surface area contributed by atoms with E-state index in [0.29, 0.717) is 0 Å². The van der Waals surface area contributed by atoms with E-state index in [2.05, 4.69) is 28.6 Å². The molecule has 1 heterocycles. The van der Waals surface area contributed by atoms with Crippen LogP contribution in [-0.4, -0.2) is 14.8 Å². The van der Waals surface area contributed by atoms with Crippen LogP contribution in [0.5, 0.6) is 0 Å². The maximum atomic E-state index is 5.34. The van der Waals surface area contributed by atoms with E-state index in [4.69, 9.17) is 12.2 Å². The molecule has 17 heavy (non-hydrogen) atoms. The van der Waals surface area contributed by atoms with Gasteiger partial charge in [-0.3, -0.25) is 5.10 Å². The lowest BCUT2D eigenvalue weighted by Crippen LogP contribution is -2.23. The second-order valence-corrected chi connectivity index (χ2v) is 5.71. The monoisotopic (exact) mass is 253 g/mol. The highest BCUT2D eigenvalue weighted by atomic mass is 32.1. The number of aromatic amines is 1. The van der Waals surface area contributed by atoms with Crippen molar-refractivity contribution in [1.29, 1.82) is 0 Å². The maximum absolute atomic E-state index is 5.34. The fourth-order valence-corrected chi connectivity index (χ4v) is 3.08. The van der Waals surface area contributed by atoms with E-state index in [9.17, 15) is 0 Å². The van der Waals surface area contributed by atoms with Gasteiger partial charge in [-0.2, -0.15) is 5.10 Å². The van der Waals surface area contributed by atoms with Crippen molar-refractivity contribution in [3.63, 3.8) is 0 Å². The minimum atomic E-state index is 0.781. The van der Waals surface area contributed by atoms with Crippen molar-refractivity contribution in [1.82, 2.24) is 14.8 Å². The molecule has 0 aliphatic heterocycles. The molecule has 3 nitrogen and oxygen atoms in total. The van der Waals surface area contributed by atoms with Crippen molar-refractivity contribution in [2.45, 2.75) is 58.9 Å². The third-order valence-electron chi connectivity index (χ3n) is 4.02. The van der Waals surface area contributed by atoms with Gasteiger partial charge >= 0.3 is 0 Å². The quantitative estimate of drug-likeness (QED) is 0.830. The lowest BCUT2D eigenvalue weighted by Gasteiger charge is -2.29. The molecule has 1 saturated carbocycles. The molecule has 2 rings (SSSR count). The van der Waals surface area contributed by atoms with Crippen molar-refractivity contribution in [2.75, 3.05) is 0 Å². The molecule has 1 N–H and O–H groups in total. The van der Waals surface area contributed by atoms with Gasteiger partial charge in [-0.15, -0.1) is 0 Å². The Hall–Kier alpha value is -0.640. The molecule has 4 heteroatoms. The van der Waals surface area contributed by atoms with E-state index in [1.165, 1.54) is 25.7 Å². The van der Waals surface area contributed by atoms with E-state index in [0.717, 1.165) is 41.8 Å². The van der Waals surface area contributed by atoms with Gasteiger partial charge in [-0.1, -0.05) is 33.1 Å². The Labute approximate surface area is 109 Å². The fraction of sp³-hybridized carbons (Fsp3) is 0.846. The average molecular weight is 253 g/mol. The Balaban J connectivity index is 2.11. The molecule has 0 saturated heterocycles. The molecule has 1 fully saturated rings. The van der Waals surface area contributed by atoms with E-state index < -0.39 is 0 Å². The van der Waals surface area contributed by atoms with Crippen LogP contribution in [-0.2, 0) is 13.0 Å². The second-order valence-electron chi connectivity index (χ2n) is 5.33. The first-order valence-electron chi connectivity index (χ1n) is 6.86. The number of hydrogen-bond donors (Lipinski definition) is 1. The zero-order chi connectivity index (χ0) is 12.3. The van der Waals surface area contributed by atoms with Gasteiger partial charge in [0.25, 0.3) is 0 Å². The zero-order valence-electron chi connectivity index (χ0n) is 10.9. The Morgan fingerprint density at radius 2 is 2.18 bits per heavy atom. The number of aromatic nitrogens is 3. The van der Waals surface area contributed by atoms with Crippen molar-refractivity contribution in [2.24, 2.45) is 11.8 Å². The summed E-state index contributed by atoms with van der Waals surface area (Å²) in [6.45, 7) is 5.63. The van der Waals surface area contributed by atoms with Crippen molar-refractivity contribution in [3.05, 3.63) is 10.6 Å². The normalized spacial score (nSPS) is 25.1. The molecular weight excluding hydrogens is 230 g/mol. The summed E-state index contributed by atoms with van der Waals surface area (Å²) in [6.07, 6.45) is 7.65. The lowest BCUT2D eigenvalue weighted by molar-refractivity contribution is 0.226. The zero-order valence-corrected chi connectivity index (χ0v) is 11.7. The summed E-state index contributed by atoms with van der Waals surface area (Å²) < 4.78 is 3.02. The molecule has 0 aromatic carbocycles. The SMILES string of the molecule is CCCc1n[nH]c(=S)n1CC1CCCCC1C. The van der Waals surface area contributed by atoms with Gasteiger partial charge < -0.3 is 4.57 Å². The van der Waals surface area contributed by atoms with Crippen LogP contribution in [0.4, 0.5) is 0 Å². The highest BCUT2D eigenvalue weighted by molar-refractivity contribution is 7.71. The standard InChI is InChI=1S/C13H23N3S/c1-3-6-12-14-15-13(17)16(12)9-11-8-5-4-7-10(11)2/h10-11H,3-9H2,1-2H3,(H,15,17). The smallest absolute Gasteiger partial charge is 0.195 e. The number of H-pyrrole nitrogens is 1. The molecule has 2 atom stereocenters. The number of nitrogens with zero attached hydrogens (tertiary/aromatic N) is 2. The number of nitrogens with one attached hydrogen (secondary N) is 1. The molecule has 0 amide bonds. The van der Waals surface area contributed by atoms with E-state index in [1.54, 1.807) is 0 Å². The summed E-state index contributed by atoms with van der Waals surface area (Å²) in [4.78, 5) is 0. The largest absolute Gasteiger partial charge is 0.304 e. The van der Waals surface area contributed by atoms with Crippen LogP contribution in [0.25, 0.3) is 0 Å². The van der Waals surface area contributed by atoms with E-state index >= 15 is 0 Å². The summed E-state index contributed by atoms with van der Waals surface area (Å²) in [5.41, 5.74) is 0. The molecule has 1 aliphatic carbocycles. The first-order chi connectivity index (χ1) is 8.22. The minimum Gasteiger partial charge on any atom is -0.304 e. The molecule has 1 aromatic rings. The first-order valence-corrected chi connectivity index (χ1v) is 7.27. The topological polar surface area (TPSA) is 33.6 Å². The van der Waals surface area contributed by atoms with Crippen LogP contribution in [0.3, 0.4) is 0 Å². The lowest BCUT2D eigenvalue weighted by atomic mass is 9.80. The van der Waals surface area contributed by atoms with Gasteiger partial charge in [0.1, 0.15) is 5.82 Å². The van der Waals surface area contributed by atoms with Gasteiger partial charge in [0, 0.05) is 13.0 Å². The summed E-state index contributed by atoms with van der Waals surface area (Å²) in [6, 6.07) is 0. The Morgan fingerprint density at radius 1 is 1.41 bits per heavy atom. The molecule has 0 bridgehead atoms. The highest BCUT2D eigenvalue weighted by Crippen LogP contribution is 2.31. The van der Waals surface area contributed by atoms with Gasteiger partial charge in [-0.05, 0) is 36.9 Å². The number of aryl methyl sites for hydroxylation is 1. The van der Waals surface area contributed by atoms with Crippen LogP contribution in [0.15, 0.2) is 0 Å².